The molecule has 2 aromatic rings. The second-order valence-electron chi connectivity index (χ2n) is 5.43. The highest BCUT2D eigenvalue weighted by Crippen LogP contribution is 2.33. The van der Waals surface area contributed by atoms with E-state index in [1.54, 1.807) is 20.8 Å². The zero-order valence-electron chi connectivity index (χ0n) is 13.5. The average Bonchev–Trinajstić information content (AvgIpc) is 2.50. The van der Waals surface area contributed by atoms with Gasteiger partial charge in [-0.25, -0.2) is 0 Å². The summed E-state index contributed by atoms with van der Waals surface area (Å²) in [4.78, 5) is 20.0. The van der Waals surface area contributed by atoms with Gasteiger partial charge < -0.3 is 4.18 Å². The van der Waals surface area contributed by atoms with E-state index in [1.807, 2.05) is 0 Å². The van der Waals surface area contributed by atoms with Gasteiger partial charge in [-0.3, -0.25) is 20.2 Å². The Morgan fingerprint density at radius 3 is 2.00 bits per heavy atom. The molecule has 0 atom stereocenters. The molecule has 132 valence electrons. The number of benzene rings is 2. The van der Waals surface area contributed by atoms with Crippen molar-refractivity contribution in [3.05, 3.63) is 67.3 Å². The third-order valence-electron chi connectivity index (χ3n) is 3.55. The molecule has 0 saturated heterocycles. The first kappa shape index (κ1) is 18.3. The van der Waals surface area contributed by atoms with Gasteiger partial charge in [-0.2, -0.15) is 8.42 Å². The zero-order valence-corrected chi connectivity index (χ0v) is 14.4. The number of rotatable bonds is 5. The molecule has 9 nitrogen and oxygen atoms in total. The lowest BCUT2D eigenvalue weighted by Crippen LogP contribution is -2.13. The minimum Gasteiger partial charge on any atom is -0.371 e. The van der Waals surface area contributed by atoms with E-state index in [-0.39, 0.29) is 0 Å². The van der Waals surface area contributed by atoms with E-state index in [9.17, 15) is 28.6 Å². The Morgan fingerprint density at radius 1 is 0.880 bits per heavy atom. The predicted octanol–water partition coefficient (Wildman–Crippen LogP) is 3.20. The van der Waals surface area contributed by atoms with Crippen molar-refractivity contribution in [3.63, 3.8) is 0 Å². The lowest BCUT2D eigenvalue weighted by atomic mass is 10.1. The van der Waals surface area contributed by atoms with E-state index in [1.165, 1.54) is 6.07 Å². The predicted molar refractivity (Wildman–Crippen MR) is 88.2 cm³/mol. The second kappa shape index (κ2) is 6.48. The molecule has 25 heavy (non-hydrogen) atoms. The first-order valence-corrected chi connectivity index (χ1v) is 8.39. The van der Waals surface area contributed by atoms with Crippen molar-refractivity contribution in [1.29, 1.82) is 0 Å². The highest BCUT2D eigenvalue weighted by Gasteiger charge is 2.31. The molecule has 0 saturated carbocycles. The lowest BCUT2D eigenvalue weighted by Gasteiger charge is -2.10. The van der Waals surface area contributed by atoms with Crippen LogP contribution < -0.4 is 4.18 Å². The molecule has 0 aromatic heterocycles. The molecule has 2 rings (SSSR count). The minimum atomic E-state index is -4.64. The molecule has 0 spiro atoms. The fraction of sp³-hybridized carbons (Fsp3) is 0.200. The van der Waals surface area contributed by atoms with Gasteiger partial charge in [0.15, 0.2) is 4.90 Å². The maximum Gasteiger partial charge on any atom is 0.346 e. The fourth-order valence-corrected chi connectivity index (χ4v) is 3.30. The summed E-state index contributed by atoms with van der Waals surface area (Å²) in [6, 6.07) is 5.96. The van der Waals surface area contributed by atoms with Crippen LogP contribution in [0.1, 0.15) is 16.7 Å². The van der Waals surface area contributed by atoms with Gasteiger partial charge in [0.25, 0.3) is 5.69 Å². The Bertz CT molecular complexity index is 984. The summed E-state index contributed by atoms with van der Waals surface area (Å²) in [7, 11) is -4.64. The Balaban J connectivity index is 2.60. The first-order valence-electron chi connectivity index (χ1n) is 6.98. The summed E-state index contributed by atoms with van der Waals surface area (Å²) in [5.41, 5.74) is 0.375. The van der Waals surface area contributed by atoms with E-state index in [2.05, 4.69) is 0 Å². The van der Waals surface area contributed by atoms with E-state index in [4.69, 9.17) is 4.18 Å². The molecule has 0 aliphatic rings. The molecule has 0 amide bonds. The molecule has 0 bridgehead atoms. The largest absolute Gasteiger partial charge is 0.371 e. The highest BCUT2D eigenvalue weighted by atomic mass is 32.2. The monoisotopic (exact) mass is 366 g/mol. The smallest absolute Gasteiger partial charge is 0.346 e. The number of hydrogen-bond donors (Lipinski definition) is 0. The highest BCUT2D eigenvalue weighted by molar-refractivity contribution is 7.87. The fourth-order valence-electron chi connectivity index (χ4n) is 2.12. The van der Waals surface area contributed by atoms with Crippen molar-refractivity contribution in [2.75, 3.05) is 0 Å². The Labute approximate surface area is 143 Å². The number of nitrogens with zero attached hydrogens (tertiary/aromatic N) is 2. The molecule has 0 unspecified atom stereocenters. The van der Waals surface area contributed by atoms with Gasteiger partial charge in [0, 0.05) is 12.1 Å². The zero-order chi connectivity index (χ0) is 18.9. The molecule has 0 aliphatic carbocycles. The van der Waals surface area contributed by atoms with Crippen LogP contribution in [-0.4, -0.2) is 18.3 Å². The summed E-state index contributed by atoms with van der Waals surface area (Å²) in [5, 5.41) is 22.3. The van der Waals surface area contributed by atoms with Crippen LogP contribution in [0, 0.1) is 41.0 Å². The maximum absolute atomic E-state index is 12.5. The van der Waals surface area contributed by atoms with Crippen LogP contribution in [0.25, 0.3) is 0 Å². The minimum absolute atomic E-state index is 0.506. The van der Waals surface area contributed by atoms with Crippen molar-refractivity contribution < 1.29 is 22.4 Å². The second-order valence-corrected chi connectivity index (χ2v) is 6.94. The Morgan fingerprint density at radius 2 is 1.44 bits per heavy atom. The van der Waals surface area contributed by atoms with E-state index in [0.717, 1.165) is 24.3 Å². The van der Waals surface area contributed by atoms with Gasteiger partial charge in [0.1, 0.15) is 0 Å². The average molecular weight is 366 g/mol. The maximum atomic E-state index is 12.5. The van der Waals surface area contributed by atoms with Crippen molar-refractivity contribution in [1.82, 2.24) is 0 Å². The van der Waals surface area contributed by atoms with Gasteiger partial charge in [-0.15, -0.1) is 0 Å². The molecule has 0 radical (unpaired) electrons. The van der Waals surface area contributed by atoms with Crippen molar-refractivity contribution in [3.8, 4) is 5.75 Å². The molecule has 0 fully saturated rings. The molecule has 0 heterocycles. The summed E-state index contributed by atoms with van der Waals surface area (Å²) < 4.78 is 29.8. The van der Waals surface area contributed by atoms with E-state index in [0.29, 0.717) is 16.7 Å². The van der Waals surface area contributed by atoms with Gasteiger partial charge in [-0.1, -0.05) is 6.07 Å². The number of hydrogen-bond acceptors (Lipinski definition) is 7. The Kier molecular flexibility index (Phi) is 4.75. The quantitative estimate of drug-likeness (QED) is 0.451. The summed E-state index contributed by atoms with van der Waals surface area (Å²) >= 11 is 0. The first-order chi connectivity index (χ1) is 11.5. The van der Waals surface area contributed by atoms with Crippen LogP contribution in [-0.2, 0) is 10.1 Å². The van der Waals surface area contributed by atoms with Gasteiger partial charge in [-0.05, 0) is 49.6 Å². The third-order valence-corrected chi connectivity index (χ3v) is 4.82. The van der Waals surface area contributed by atoms with Crippen molar-refractivity contribution >= 4 is 21.5 Å². The standard InChI is InChI=1S/C15H14N2O7S/c1-9-4-5-14(12(6-9)16(18)19)24-25(22,23)15-8-11(3)10(2)7-13(15)17(20)21/h4-8H,1-3H3. The SMILES string of the molecule is Cc1ccc(OS(=O)(=O)c2cc(C)c(C)cc2[N+](=O)[O-])c([N+](=O)[O-])c1. The Hall–Kier alpha value is -3.01. The van der Waals surface area contributed by atoms with E-state index < -0.39 is 42.0 Å². The molecular formula is C15H14N2O7S. The molecule has 0 N–H and O–H groups in total. The topological polar surface area (TPSA) is 130 Å². The number of nitro benzene ring substituents is 2. The van der Waals surface area contributed by atoms with Crippen LogP contribution in [0.5, 0.6) is 5.75 Å². The lowest BCUT2D eigenvalue weighted by molar-refractivity contribution is -0.388. The molecule has 0 aliphatic heterocycles. The van der Waals surface area contributed by atoms with Crippen molar-refractivity contribution in [2.45, 2.75) is 25.7 Å². The molecule has 10 heteroatoms. The number of aryl methyl sites for hydroxylation is 3. The van der Waals surface area contributed by atoms with Gasteiger partial charge in [0.05, 0.1) is 9.85 Å². The van der Waals surface area contributed by atoms with E-state index >= 15 is 0 Å². The molecular weight excluding hydrogens is 352 g/mol. The van der Waals surface area contributed by atoms with Gasteiger partial charge in [0.2, 0.25) is 5.75 Å². The third kappa shape index (κ3) is 3.74. The van der Waals surface area contributed by atoms with Crippen LogP contribution in [0.3, 0.4) is 0 Å². The van der Waals surface area contributed by atoms with Crippen LogP contribution in [0.15, 0.2) is 35.2 Å². The summed E-state index contributed by atoms with van der Waals surface area (Å²) in [6.07, 6.45) is 0. The van der Waals surface area contributed by atoms with Crippen LogP contribution in [0.4, 0.5) is 11.4 Å². The van der Waals surface area contributed by atoms with Crippen LogP contribution >= 0.6 is 0 Å². The van der Waals surface area contributed by atoms with Crippen molar-refractivity contribution in [2.24, 2.45) is 0 Å². The van der Waals surface area contributed by atoms with Gasteiger partial charge >= 0.3 is 15.8 Å². The van der Waals surface area contributed by atoms with Crippen LogP contribution in [0.2, 0.25) is 0 Å². The summed E-state index contributed by atoms with van der Waals surface area (Å²) in [6.45, 7) is 4.79. The summed E-state index contributed by atoms with van der Waals surface area (Å²) in [5.74, 6) is -0.511. The molecule has 2 aromatic carbocycles. The number of nitro groups is 2. The normalized spacial score (nSPS) is 11.2.